The second kappa shape index (κ2) is 4.51. The van der Waals surface area contributed by atoms with Gasteiger partial charge in [-0.2, -0.15) is 0 Å². The molecule has 1 rings (SSSR count). The summed E-state index contributed by atoms with van der Waals surface area (Å²) in [6.07, 6.45) is 3.64. The van der Waals surface area contributed by atoms with Crippen molar-refractivity contribution in [1.29, 1.82) is 0 Å². The number of benzene rings is 1. The van der Waals surface area contributed by atoms with E-state index >= 15 is 0 Å². The first kappa shape index (κ1) is 9.60. The monoisotopic (exact) mass is 182 g/mol. The van der Waals surface area contributed by atoms with Gasteiger partial charge in [-0.25, -0.2) is 0 Å². The van der Waals surface area contributed by atoms with Crippen LogP contribution in [0, 0.1) is 6.92 Å². The molecule has 0 spiro atoms. The van der Waals surface area contributed by atoms with E-state index in [2.05, 4.69) is 25.1 Å². The van der Waals surface area contributed by atoms with Gasteiger partial charge in [-0.1, -0.05) is 37.1 Å². The van der Waals surface area contributed by atoms with Gasteiger partial charge in [-0.15, -0.1) is 0 Å². The number of hydrogen-bond acceptors (Lipinski definition) is 0. The lowest BCUT2D eigenvalue weighted by Crippen LogP contribution is -1.85. The summed E-state index contributed by atoms with van der Waals surface area (Å²) in [4.78, 5) is 0. The second-order valence-corrected chi connectivity index (χ2v) is 3.59. The van der Waals surface area contributed by atoms with Gasteiger partial charge in [0.1, 0.15) is 0 Å². The standard InChI is InChI=1S/C11H15Cl/c1-3-4-5-10-7-6-9(2)11(12)8-10/h6-8H,3-5H2,1-2H3. The number of unbranched alkanes of at least 4 members (excludes halogenated alkanes) is 1. The lowest BCUT2D eigenvalue weighted by molar-refractivity contribution is 0.795. The van der Waals surface area contributed by atoms with Gasteiger partial charge in [-0.3, -0.25) is 0 Å². The van der Waals surface area contributed by atoms with Crippen LogP contribution in [0.3, 0.4) is 0 Å². The Balaban J connectivity index is 2.69. The lowest BCUT2D eigenvalue weighted by atomic mass is 10.1. The maximum atomic E-state index is 5.99. The Labute approximate surface area is 79.6 Å². The van der Waals surface area contributed by atoms with Crippen LogP contribution >= 0.6 is 11.6 Å². The van der Waals surface area contributed by atoms with Crippen molar-refractivity contribution in [2.45, 2.75) is 33.1 Å². The highest BCUT2D eigenvalue weighted by atomic mass is 35.5. The highest BCUT2D eigenvalue weighted by molar-refractivity contribution is 6.31. The fourth-order valence-corrected chi connectivity index (χ4v) is 1.38. The fraction of sp³-hybridized carbons (Fsp3) is 0.455. The van der Waals surface area contributed by atoms with E-state index in [9.17, 15) is 0 Å². The topological polar surface area (TPSA) is 0 Å². The normalized spacial score (nSPS) is 10.2. The van der Waals surface area contributed by atoms with Gasteiger partial charge in [0.25, 0.3) is 0 Å². The first-order valence-electron chi connectivity index (χ1n) is 4.49. The van der Waals surface area contributed by atoms with Crippen LogP contribution in [0.4, 0.5) is 0 Å². The Morgan fingerprint density at radius 1 is 1.33 bits per heavy atom. The summed E-state index contributed by atoms with van der Waals surface area (Å²) in [5.74, 6) is 0. The molecule has 0 saturated carbocycles. The minimum atomic E-state index is 0.892. The molecule has 1 aromatic rings. The van der Waals surface area contributed by atoms with E-state index in [0.717, 1.165) is 17.0 Å². The third kappa shape index (κ3) is 2.53. The van der Waals surface area contributed by atoms with Crippen LogP contribution in [0.15, 0.2) is 18.2 Å². The molecule has 0 radical (unpaired) electrons. The predicted molar refractivity (Wildman–Crippen MR) is 54.8 cm³/mol. The molecule has 0 bridgehead atoms. The van der Waals surface area contributed by atoms with Crippen LogP contribution in [0.1, 0.15) is 30.9 Å². The highest BCUT2D eigenvalue weighted by Gasteiger charge is 1.96. The van der Waals surface area contributed by atoms with Crippen molar-refractivity contribution in [2.75, 3.05) is 0 Å². The van der Waals surface area contributed by atoms with Gasteiger partial charge in [0, 0.05) is 5.02 Å². The molecule has 1 heteroatoms. The van der Waals surface area contributed by atoms with E-state index < -0.39 is 0 Å². The van der Waals surface area contributed by atoms with Crippen molar-refractivity contribution in [3.8, 4) is 0 Å². The van der Waals surface area contributed by atoms with Crippen LogP contribution < -0.4 is 0 Å². The SMILES string of the molecule is CCCCc1ccc(C)c(Cl)c1. The van der Waals surface area contributed by atoms with Crippen molar-refractivity contribution in [3.63, 3.8) is 0 Å². The van der Waals surface area contributed by atoms with Crippen molar-refractivity contribution in [1.82, 2.24) is 0 Å². The van der Waals surface area contributed by atoms with Crippen LogP contribution in [-0.4, -0.2) is 0 Å². The van der Waals surface area contributed by atoms with E-state index in [1.807, 2.05) is 6.92 Å². The summed E-state index contributed by atoms with van der Waals surface area (Å²) in [5, 5.41) is 0.892. The predicted octanol–water partition coefficient (Wildman–Crippen LogP) is 3.99. The van der Waals surface area contributed by atoms with Crippen molar-refractivity contribution in [3.05, 3.63) is 34.3 Å². The lowest BCUT2D eigenvalue weighted by Gasteiger charge is -2.02. The Kier molecular flexibility index (Phi) is 3.61. The summed E-state index contributed by atoms with van der Waals surface area (Å²) >= 11 is 5.99. The van der Waals surface area contributed by atoms with E-state index in [0.29, 0.717) is 0 Å². The Bertz CT molecular complexity index is 253. The highest BCUT2D eigenvalue weighted by Crippen LogP contribution is 2.17. The van der Waals surface area contributed by atoms with Crippen molar-refractivity contribution in [2.24, 2.45) is 0 Å². The number of halogens is 1. The summed E-state index contributed by atoms with van der Waals surface area (Å²) < 4.78 is 0. The molecule has 0 aliphatic carbocycles. The van der Waals surface area contributed by atoms with Gasteiger partial charge in [0.2, 0.25) is 0 Å². The second-order valence-electron chi connectivity index (χ2n) is 3.19. The van der Waals surface area contributed by atoms with Crippen LogP contribution in [0.5, 0.6) is 0 Å². The molecule has 66 valence electrons. The average Bonchev–Trinajstić information content (AvgIpc) is 2.07. The first-order valence-corrected chi connectivity index (χ1v) is 4.87. The van der Waals surface area contributed by atoms with E-state index in [1.54, 1.807) is 0 Å². The van der Waals surface area contributed by atoms with Gasteiger partial charge >= 0.3 is 0 Å². The molecule has 0 aliphatic heterocycles. The van der Waals surface area contributed by atoms with E-state index in [-0.39, 0.29) is 0 Å². The largest absolute Gasteiger partial charge is 0.0840 e. The zero-order chi connectivity index (χ0) is 8.97. The van der Waals surface area contributed by atoms with Crippen molar-refractivity contribution < 1.29 is 0 Å². The third-order valence-electron chi connectivity index (χ3n) is 2.06. The number of hydrogen-bond donors (Lipinski definition) is 0. The average molecular weight is 183 g/mol. The molecule has 0 heterocycles. The molecule has 1 aromatic carbocycles. The van der Waals surface area contributed by atoms with Crippen molar-refractivity contribution >= 4 is 11.6 Å². The van der Waals surface area contributed by atoms with E-state index in [1.165, 1.54) is 18.4 Å². The first-order chi connectivity index (χ1) is 5.74. The van der Waals surface area contributed by atoms with Crippen LogP contribution in [0.2, 0.25) is 5.02 Å². The molecule has 0 atom stereocenters. The molecule has 12 heavy (non-hydrogen) atoms. The molecule has 0 N–H and O–H groups in total. The molecule has 0 unspecified atom stereocenters. The molecular formula is C11H15Cl. The van der Waals surface area contributed by atoms with E-state index in [4.69, 9.17) is 11.6 Å². The Morgan fingerprint density at radius 2 is 2.08 bits per heavy atom. The fourth-order valence-electron chi connectivity index (χ4n) is 1.17. The molecule has 0 aliphatic rings. The number of rotatable bonds is 3. The summed E-state index contributed by atoms with van der Waals surface area (Å²) in [7, 11) is 0. The Morgan fingerprint density at radius 3 is 2.67 bits per heavy atom. The van der Waals surface area contributed by atoms with Crippen LogP contribution in [-0.2, 0) is 6.42 Å². The van der Waals surface area contributed by atoms with Gasteiger partial charge in [0.15, 0.2) is 0 Å². The molecule has 0 amide bonds. The maximum Gasteiger partial charge on any atom is 0.0437 e. The van der Waals surface area contributed by atoms with Crippen LogP contribution in [0.25, 0.3) is 0 Å². The van der Waals surface area contributed by atoms with Gasteiger partial charge in [0.05, 0.1) is 0 Å². The summed E-state index contributed by atoms with van der Waals surface area (Å²) in [6, 6.07) is 6.33. The summed E-state index contributed by atoms with van der Waals surface area (Å²) in [6.45, 7) is 4.24. The smallest absolute Gasteiger partial charge is 0.0437 e. The zero-order valence-electron chi connectivity index (χ0n) is 7.73. The molecule has 0 saturated heterocycles. The van der Waals surface area contributed by atoms with Gasteiger partial charge in [-0.05, 0) is 37.0 Å². The quantitative estimate of drug-likeness (QED) is 0.663. The summed E-state index contributed by atoms with van der Waals surface area (Å²) in [5.41, 5.74) is 2.52. The number of aryl methyl sites for hydroxylation is 2. The minimum absolute atomic E-state index is 0.892. The maximum absolute atomic E-state index is 5.99. The molecule has 0 aromatic heterocycles. The zero-order valence-corrected chi connectivity index (χ0v) is 8.49. The molecule has 0 nitrogen and oxygen atoms in total. The molecule has 0 fully saturated rings. The minimum Gasteiger partial charge on any atom is -0.0840 e. The Hall–Kier alpha value is -0.490. The molecular weight excluding hydrogens is 168 g/mol. The third-order valence-corrected chi connectivity index (χ3v) is 2.46. The van der Waals surface area contributed by atoms with Gasteiger partial charge < -0.3 is 0 Å².